The lowest BCUT2D eigenvalue weighted by Crippen LogP contribution is -2.08. The van der Waals surface area contributed by atoms with Crippen LogP contribution in [0.3, 0.4) is 0 Å². The second kappa shape index (κ2) is 5.26. The van der Waals surface area contributed by atoms with Gasteiger partial charge in [0, 0.05) is 38.0 Å². The summed E-state index contributed by atoms with van der Waals surface area (Å²) in [6, 6.07) is 4.98. The summed E-state index contributed by atoms with van der Waals surface area (Å²) in [7, 11) is 1.89. The molecule has 0 aliphatic rings. The fourth-order valence-corrected chi connectivity index (χ4v) is 1.58. The van der Waals surface area contributed by atoms with Crippen molar-refractivity contribution in [1.29, 1.82) is 0 Å². The van der Waals surface area contributed by atoms with E-state index in [1.807, 2.05) is 17.8 Å². The van der Waals surface area contributed by atoms with Crippen molar-refractivity contribution in [2.45, 2.75) is 6.42 Å². The van der Waals surface area contributed by atoms with Crippen LogP contribution in [-0.4, -0.2) is 26.2 Å². The Labute approximate surface area is 104 Å². The average Bonchev–Trinajstić information content (AvgIpc) is 2.76. The van der Waals surface area contributed by atoms with Crippen molar-refractivity contribution in [2.24, 2.45) is 7.05 Å². The highest BCUT2D eigenvalue weighted by Crippen LogP contribution is 2.11. The molecular weight excluding hydrogens is 234 g/mol. The Morgan fingerprint density at radius 3 is 2.83 bits per heavy atom. The number of aryl methyl sites for hydroxylation is 1. The molecule has 0 aromatic carbocycles. The van der Waals surface area contributed by atoms with Crippen molar-refractivity contribution in [3.05, 3.63) is 46.4 Å². The molecule has 7 heteroatoms. The van der Waals surface area contributed by atoms with E-state index in [0.29, 0.717) is 0 Å². The highest BCUT2D eigenvalue weighted by molar-refractivity contribution is 5.43. The molecule has 0 amide bonds. The molecule has 1 N–H and O–H groups in total. The standard InChI is InChI=1S/C11H13N5O2/c1-15-10(5-7-14-15)4-6-12-9-2-3-11(13-8-9)16(17)18/h2-3,5,7-8,12H,4,6H2,1H3. The summed E-state index contributed by atoms with van der Waals surface area (Å²) in [5.74, 6) is -0.146. The van der Waals surface area contributed by atoms with Gasteiger partial charge in [-0.2, -0.15) is 5.10 Å². The zero-order valence-electron chi connectivity index (χ0n) is 9.91. The highest BCUT2D eigenvalue weighted by atomic mass is 16.6. The molecule has 2 rings (SSSR count). The van der Waals surface area contributed by atoms with Gasteiger partial charge in [0.15, 0.2) is 6.20 Å². The van der Waals surface area contributed by atoms with Gasteiger partial charge in [0.2, 0.25) is 0 Å². The van der Waals surface area contributed by atoms with Gasteiger partial charge >= 0.3 is 5.82 Å². The maximum atomic E-state index is 10.4. The molecule has 2 heterocycles. The molecule has 0 saturated carbocycles. The van der Waals surface area contributed by atoms with Gasteiger partial charge in [-0.1, -0.05) is 0 Å². The zero-order valence-corrected chi connectivity index (χ0v) is 9.91. The van der Waals surface area contributed by atoms with Crippen LogP contribution < -0.4 is 5.32 Å². The first-order chi connectivity index (χ1) is 8.66. The first-order valence-electron chi connectivity index (χ1n) is 5.48. The Balaban J connectivity index is 1.87. The smallest absolute Gasteiger partial charge is 0.363 e. The van der Waals surface area contributed by atoms with E-state index in [2.05, 4.69) is 15.4 Å². The molecule has 0 radical (unpaired) electrons. The van der Waals surface area contributed by atoms with Crippen LogP contribution in [0.15, 0.2) is 30.6 Å². The second-order valence-electron chi connectivity index (χ2n) is 3.79. The molecule has 2 aromatic heterocycles. The van der Waals surface area contributed by atoms with Gasteiger partial charge in [0.1, 0.15) is 0 Å². The van der Waals surface area contributed by atoms with Crippen LogP contribution in [0.2, 0.25) is 0 Å². The monoisotopic (exact) mass is 247 g/mol. The molecule has 0 saturated heterocycles. The lowest BCUT2D eigenvalue weighted by molar-refractivity contribution is -0.389. The molecule has 94 valence electrons. The fraction of sp³-hybridized carbons (Fsp3) is 0.273. The van der Waals surface area contributed by atoms with Crippen molar-refractivity contribution in [1.82, 2.24) is 14.8 Å². The molecule has 2 aromatic rings. The molecule has 0 bridgehead atoms. The van der Waals surface area contributed by atoms with E-state index in [-0.39, 0.29) is 5.82 Å². The predicted molar refractivity (Wildman–Crippen MR) is 66.3 cm³/mol. The van der Waals surface area contributed by atoms with Gasteiger partial charge in [-0.25, -0.2) is 0 Å². The summed E-state index contributed by atoms with van der Waals surface area (Å²) in [5.41, 5.74) is 1.89. The summed E-state index contributed by atoms with van der Waals surface area (Å²) in [6.45, 7) is 0.721. The Morgan fingerprint density at radius 2 is 2.28 bits per heavy atom. The molecule has 18 heavy (non-hydrogen) atoms. The van der Waals surface area contributed by atoms with E-state index in [1.54, 1.807) is 12.3 Å². The predicted octanol–water partition coefficient (Wildman–Crippen LogP) is 1.38. The molecule has 0 aliphatic heterocycles. The number of nitrogens with zero attached hydrogens (tertiary/aromatic N) is 4. The molecule has 0 spiro atoms. The third-order valence-electron chi connectivity index (χ3n) is 2.57. The third-order valence-corrected chi connectivity index (χ3v) is 2.57. The van der Waals surface area contributed by atoms with E-state index >= 15 is 0 Å². The summed E-state index contributed by atoms with van der Waals surface area (Å²) >= 11 is 0. The molecule has 0 aliphatic carbocycles. The van der Waals surface area contributed by atoms with Gasteiger partial charge in [0.25, 0.3) is 0 Å². The molecule has 0 unspecified atom stereocenters. The molecule has 0 fully saturated rings. The number of aromatic nitrogens is 3. The normalized spacial score (nSPS) is 10.3. The van der Waals surface area contributed by atoms with Crippen molar-refractivity contribution in [2.75, 3.05) is 11.9 Å². The van der Waals surface area contributed by atoms with Crippen LogP contribution in [-0.2, 0) is 13.5 Å². The first kappa shape index (κ1) is 12.0. The average molecular weight is 247 g/mol. The summed E-state index contributed by atoms with van der Waals surface area (Å²) in [5, 5.41) is 17.7. The van der Waals surface area contributed by atoms with Gasteiger partial charge in [-0.15, -0.1) is 0 Å². The maximum absolute atomic E-state index is 10.4. The van der Waals surface area contributed by atoms with E-state index in [9.17, 15) is 10.1 Å². The van der Waals surface area contributed by atoms with Gasteiger partial charge in [-0.3, -0.25) is 4.68 Å². The highest BCUT2D eigenvalue weighted by Gasteiger charge is 2.05. The summed E-state index contributed by atoms with van der Waals surface area (Å²) < 4.78 is 1.82. The van der Waals surface area contributed by atoms with Crippen LogP contribution >= 0.6 is 0 Å². The van der Waals surface area contributed by atoms with Crippen molar-refractivity contribution in [3.8, 4) is 0 Å². The summed E-state index contributed by atoms with van der Waals surface area (Å²) in [6.07, 6.45) is 4.04. The SMILES string of the molecule is Cn1nccc1CCNc1ccc([N+](=O)[O-])nc1. The number of nitro groups is 1. The minimum Gasteiger partial charge on any atom is -0.382 e. The number of hydrogen-bond donors (Lipinski definition) is 1. The molecular formula is C11H13N5O2. The van der Waals surface area contributed by atoms with Crippen molar-refractivity contribution >= 4 is 11.5 Å². The maximum Gasteiger partial charge on any atom is 0.363 e. The van der Waals surface area contributed by atoms with E-state index in [1.165, 1.54) is 12.3 Å². The van der Waals surface area contributed by atoms with Crippen molar-refractivity contribution in [3.63, 3.8) is 0 Å². The lowest BCUT2D eigenvalue weighted by atomic mass is 10.3. The van der Waals surface area contributed by atoms with E-state index in [0.717, 1.165) is 24.3 Å². The first-order valence-corrected chi connectivity index (χ1v) is 5.48. The number of rotatable bonds is 5. The van der Waals surface area contributed by atoms with E-state index < -0.39 is 4.92 Å². The van der Waals surface area contributed by atoms with Crippen LogP contribution in [0.1, 0.15) is 5.69 Å². The zero-order chi connectivity index (χ0) is 13.0. The second-order valence-corrected chi connectivity index (χ2v) is 3.79. The van der Waals surface area contributed by atoms with Crippen LogP contribution in [0, 0.1) is 10.1 Å². The third kappa shape index (κ3) is 2.82. The minimum absolute atomic E-state index is 0.146. The number of hydrogen-bond acceptors (Lipinski definition) is 5. The Hall–Kier alpha value is -2.44. The van der Waals surface area contributed by atoms with Gasteiger partial charge in [0.05, 0.1) is 5.69 Å². The number of anilines is 1. The topological polar surface area (TPSA) is 85.9 Å². The summed E-state index contributed by atoms with van der Waals surface area (Å²) in [4.78, 5) is 13.6. The quantitative estimate of drug-likeness (QED) is 0.637. The van der Waals surface area contributed by atoms with Crippen LogP contribution in [0.5, 0.6) is 0 Å². The molecule has 7 nitrogen and oxygen atoms in total. The largest absolute Gasteiger partial charge is 0.382 e. The Kier molecular flexibility index (Phi) is 3.52. The minimum atomic E-state index is -0.514. The van der Waals surface area contributed by atoms with E-state index in [4.69, 9.17) is 0 Å². The Morgan fingerprint density at radius 1 is 1.44 bits per heavy atom. The molecule has 0 atom stereocenters. The lowest BCUT2D eigenvalue weighted by Gasteiger charge is -2.04. The van der Waals surface area contributed by atoms with Crippen LogP contribution in [0.25, 0.3) is 0 Å². The van der Waals surface area contributed by atoms with Crippen molar-refractivity contribution < 1.29 is 4.92 Å². The number of pyridine rings is 1. The van der Waals surface area contributed by atoms with Crippen LogP contribution in [0.4, 0.5) is 11.5 Å². The Bertz CT molecular complexity index is 535. The van der Waals surface area contributed by atoms with Gasteiger partial charge < -0.3 is 15.4 Å². The fourth-order valence-electron chi connectivity index (χ4n) is 1.58. The van der Waals surface area contributed by atoms with Gasteiger partial charge in [-0.05, 0) is 22.0 Å². The number of nitrogens with one attached hydrogen (secondary N) is 1.